The first kappa shape index (κ1) is 14.4. The molecule has 0 amide bonds. The van der Waals surface area contributed by atoms with Crippen LogP contribution in [0.4, 0.5) is 5.82 Å². The average Bonchev–Trinajstić information content (AvgIpc) is 3.00. The summed E-state index contributed by atoms with van der Waals surface area (Å²) in [6, 6.07) is 4.43. The highest BCUT2D eigenvalue weighted by Crippen LogP contribution is 2.63. The second-order valence-electron chi connectivity index (χ2n) is 7.60. The van der Waals surface area contributed by atoms with Crippen molar-refractivity contribution in [2.75, 3.05) is 18.0 Å². The first-order valence-electron chi connectivity index (χ1n) is 9.06. The summed E-state index contributed by atoms with van der Waals surface area (Å²) in [6.45, 7) is 1.95. The highest BCUT2D eigenvalue weighted by molar-refractivity contribution is 5.56. The van der Waals surface area contributed by atoms with Crippen molar-refractivity contribution in [1.29, 1.82) is 0 Å². The van der Waals surface area contributed by atoms with Crippen molar-refractivity contribution in [1.82, 2.24) is 15.1 Å². The molecule has 2 N–H and O–H groups in total. The van der Waals surface area contributed by atoms with Crippen LogP contribution in [0.5, 0.6) is 0 Å². The van der Waals surface area contributed by atoms with Gasteiger partial charge in [-0.3, -0.25) is 0 Å². The molecular formula is C18H23N5O. The van der Waals surface area contributed by atoms with Gasteiger partial charge in [-0.25, -0.2) is 4.98 Å². The summed E-state index contributed by atoms with van der Waals surface area (Å²) in [7, 11) is 0. The Kier molecular flexibility index (Phi) is 3.16. The van der Waals surface area contributed by atoms with Crippen LogP contribution >= 0.6 is 0 Å². The Balaban J connectivity index is 1.34. The van der Waals surface area contributed by atoms with Gasteiger partial charge in [0.1, 0.15) is 5.82 Å². The molecule has 0 unspecified atom stereocenters. The van der Waals surface area contributed by atoms with E-state index in [0.29, 0.717) is 11.9 Å². The number of piperidine rings is 1. The molecule has 0 bridgehead atoms. The number of hydrogen-bond donors (Lipinski definition) is 1. The second-order valence-corrected chi connectivity index (χ2v) is 7.60. The van der Waals surface area contributed by atoms with Crippen LogP contribution in [0.3, 0.4) is 0 Å². The number of rotatable bonds is 3. The molecule has 2 aromatic rings. The van der Waals surface area contributed by atoms with E-state index in [2.05, 4.69) is 26.1 Å². The fourth-order valence-corrected chi connectivity index (χ4v) is 4.47. The maximum absolute atomic E-state index is 5.97. The van der Waals surface area contributed by atoms with Crippen LogP contribution in [0.1, 0.15) is 44.4 Å². The molecule has 1 saturated heterocycles. The van der Waals surface area contributed by atoms with E-state index in [1.165, 1.54) is 25.7 Å². The van der Waals surface area contributed by atoms with E-state index in [0.717, 1.165) is 49.1 Å². The number of nitrogens with zero attached hydrogens (tertiary/aromatic N) is 4. The molecule has 6 heteroatoms. The smallest absolute Gasteiger partial charge is 0.233 e. The lowest BCUT2D eigenvalue weighted by Gasteiger charge is -2.31. The van der Waals surface area contributed by atoms with E-state index < -0.39 is 0 Å². The van der Waals surface area contributed by atoms with Crippen molar-refractivity contribution in [2.24, 2.45) is 11.7 Å². The number of fused-ring (bicyclic) bond motifs is 1. The molecule has 6 nitrogen and oxygen atoms in total. The molecule has 0 radical (unpaired) electrons. The SMILES string of the molecule is NC1CCN(c2ccc(-c3noc([C@@]45CCC[C@@H]4C5)n3)cn2)CC1. The minimum atomic E-state index is 0.213. The Hall–Kier alpha value is -1.95. The Morgan fingerprint density at radius 1 is 1.21 bits per heavy atom. The molecule has 3 fully saturated rings. The average molecular weight is 325 g/mol. The molecule has 1 aliphatic heterocycles. The largest absolute Gasteiger partial charge is 0.357 e. The number of hydrogen-bond acceptors (Lipinski definition) is 6. The Morgan fingerprint density at radius 2 is 2.08 bits per heavy atom. The standard InChI is InChI=1S/C18H23N5O/c19-14-5-8-23(9-6-14)15-4-3-12(11-20-15)16-21-17(24-22-16)18-7-1-2-13(18)10-18/h3-4,11,13-14H,1-2,5-10,19H2/t13-,18-/m1/s1. The lowest BCUT2D eigenvalue weighted by molar-refractivity contribution is 0.340. The fourth-order valence-electron chi connectivity index (χ4n) is 4.47. The summed E-state index contributed by atoms with van der Waals surface area (Å²) >= 11 is 0. The van der Waals surface area contributed by atoms with Crippen molar-refractivity contribution in [3.05, 3.63) is 24.2 Å². The molecule has 0 aromatic carbocycles. The van der Waals surface area contributed by atoms with Crippen LogP contribution in [0.25, 0.3) is 11.4 Å². The number of anilines is 1. The lowest BCUT2D eigenvalue weighted by Crippen LogP contribution is -2.40. The van der Waals surface area contributed by atoms with Crippen molar-refractivity contribution in [3.8, 4) is 11.4 Å². The van der Waals surface area contributed by atoms with E-state index >= 15 is 0 Å². The molecule has 24 heavy (non-hydrogen) atoms. The van der Waals surface area contributed by atoms with Crippen molar-refractivity contribution < 1.29 is 4.52 Å². The van der Waals surface area contributed by atoms with Gasteiger partial charge in [-0.1, -0.05) is 11.6 Å². The molecule has 2 aromatic heterocycles. The van der Waals surface area contributed by atoms with Gasteiger partial charge in [0, 0.05) is 30.9 Å². The molecule has 5 rings (SSSR count). The summed E-state index contributed by atoms with van der Waals surface area (Å²) < 4.78 is 5.59. The minimum Gasteiger partial charge on any atom is -0.357 e. The summed E-state index contributed by atoms with van der Waals surface area (Å²) in [5.74, 6) is 3.29. The maximum Gasteiger partial charge on any atom is 0.233 e. The number of pyridine rings is 1. The molecule has 3 aliphatic rings. The third kappa shape index (κ3) is 2.24. The fraction of sp³-hybridized carbons (Fsp3) is 0.611. The molecular weight excluding hydrogens is 302 g/mol. The van der Waals surface area contributed by atoms with E-state index in [9.17, 15) is 0 Å². The Bertz CT molecular complexity index is 734. The number of aromatic nitrogens is 3. The maximum atomic E-state index is 5.97. The van der Waals surface area contributed by atoms with Crippen LogP contribution in [0.15, 0.2) is 22.9 Å². The van der Waals surface area contributed by atoms with Crippen LogP contribution in [-0.4, -0.2) is 34.3 Å². The molecule has 0 spiro atoms. The van der Waals surface area contributed by atoms with Crippen molar-refractivity contribution in [2.45, 2.75) is 50.0 Å². The quantitative estimate of drug-likeness (QED) is 0.934. The predicted molar refractivity (Wildman–Crippen MR) is 90.6 cm³/mol. The van der Waals surface area contributed by atoms with Gasteiger partial charge in [0.25, 0.3) is 0 Å². The van der Waals surface area contributed by atoms with Gasteiger partial charge in [0.15, 0.2) is 0 Å². The monoisotopic (exact) mass is 325 g/mol. The van der Waals surface area contributed by atoms with Crippen LogP contribution in [0, 0.1) is 5.92 Å². The van der Waals surface area contributed by atoms with Crippen LogP contribution in [0.2, 0.25) is 0 Å². The molecule has 3 heterocycles. The summed E-state index contributed by atoms with van der Waals surface area (Å²) in [5, 5.41) is 4.20. The van der Waals surface area contributed by atoms with Gasteiger partial charge >= 0.3 is 0 Å². The predicted octanol–water partition coefficient (Wildman–Crippen LogP) is 2.50. The van der Waals surface area contributed by atoms with E-state index in [1.54, 1.807) is 0 Å². The number of nitrogens with two attached hydrogens (primary N) is 1. The lowest BCUT2D eigenvalue weighted by atomic mass is 10.0. The van der Waals surface area contributed by atoms with Gasteiger partial charge in [0.2, 0.25) is 11.7 Å². The van der Waals surface area contributed by atoms with Gasteiger partial charge < -0.3 is 15.2 Å². The first-order chi connectivity index (χ1) is 11.7. The zero-order valence-electron chi connectivity index (χ0n) is 13.8. The van der Waals surface area contributed by atoms with Crippen molar-refractivity contribution in [3.63, 3.8) is 0 Å². The van der Waals surface area contributed by atoms with Crippen molar-refractivity contribution >= 4 is 5.82 Å². The zero-order valence-corrected chi connectivity index (χ0v) is 13.8. The van der Waals surface area contributed by atoms with E-state index in [-0.39, 0.29) is 5.41 Å². The third-order valence-electron chi connectivity index (χ3n) is 6.13. The van der Waals surface area contributed by atoms with Gasteiger partial charge in [-0.05, 0) is 50.2 Å². The normalized spacial score (nSPS) is 29.7. The van der Waals surface area contributed by atoms with Gasteiger partial charge in [-0.15, -0.1) is 0 Å². The molecule has 2 atom stereocenters. The summed E-state index contributed by atoms with van der Waals surface area (Å²) in [6.07, 6.45) is 8.94. The van der Waals surface area contributed by atoms with E-state index in [4.69, 9.17) is 10.3 Å². The molecule has 126 valence electrons. The topological polar surface area (TPSA) is 81.1 Å². The Labute approximate surface area is 141 Å². The van der Waals surface area contributed by atoms with Gasteiger partial charge in [0.05, 0.1) is 5.41 Å². The minimum absolute atomic E-state index is 0.213. The van der Waals surface area contributed by atoms with Gasteiger partial charge in [-0.2, -0.15) is 4.98 Å². The highest BCUT2D eigenvalue weighted by atomic mass is 16.5. The second kappa shape index (κ2) is 5.28. The highest BCUT2D eigenvalue weighted by Gasteiger charge is 2.61. The van der Waals surface area contributed by atoms with E-state index in [1.807, 2.05) is 12.3 Å². The summed E-state index contributed by atoms with van der Waals surface area (Å²) in [4.78, 5) is 11.6. The first-order valence-corrected chi connectivity index (χ1v) is 9.06. The molecule has 2 aliphatic carbocycles. The Morgan fingerprint density at radius 3 is 2.75 bits per heavy atom. The zero-order chi connectivity index (χ0) is 16.1. The van der Waals surface area contributed by atoms with Crippen LogP contribution < -0.4 is 10.6 Å². The summed E-state index contributed by atoms with van der Waals surface area (Å²) in [5.41, 5.74) is 7.11. The third-order valence-corrected chi connectivity index (χ3v) is 6.13. The van der Waals surface area contributed by atoms with Crippen LogP contribution in [-0.2, 0) is 5.41 Å². The molecule has 2 saturated carbocycles.